The number of benzene rings is 1. The summed E-state index contributed by atoms with van der Waals surface area (Å²) >= 11 is 0. The first kappa shape index (κ1) is 23.4. The van der Waals surface area contributed by atoms with Gasteiger partial charge in [0.05, 0.1) is 17.7 Å². The monoisotopic (exact) mass is 473 g/mol. The van der Waals surface area contributed by atoms with E-state index in [1.54, 1.807) is 0 Å². The molecular weight excluding hydrogens is 439 g/mol. The molecule has 3 atom stereocenters. The summed E-state index contributed by atoms with van der Waals surface area (Å²) in [5.41, 5.74) is 3.63. The van der Waals surface area contributed by atoms with Gasteiger partial charge in [-0.2, -0.15) is 13.2 Å². The van der Waals surface area contributed by atoms with Crippen molar-refractivity contribution in [2.75, 3.05) is 4.90 Å². The minimum absolute atomic E-state index is 0.0309. The number of carbonyl (C=O) groups excluding carboxylic acids is 1. The van der Waals surface area contributed by atoms with Gasteiger partial charge in [-0.25, -0.2) is 4.98 Å². The number of alkyl halides is 3. The first-order valence-corrected chi connectivity index (χ1v) is 12.7. The molecule has 4 nitrogen and oxygen atoms in total. The second kappa shape index (κ2) is 8.72. The zero-order valence-electron chi connectivity index (χ0n) is 20.1. The van der Waals surface area contributed by atoms with Crippen molar-refractivity contribution in [1.29, 1.82) is 0 Å². The zero-order chi connectivity index (χ0) is 24.1. The fourth-order valence-corrected chi connectivity index (χ4v) is 6.42. The van der Waals surface area contributed by atoms with Crippen molar-refractivity contribution in [3.05, 3.63) is 47.0 Å². The number of aromatic nitrogens is 2. The van der Waals surface area contributed by atoms with Gasteiger partial charge in [-0.15, -0.1) is 0 Å². The first-order valence-electron chi connectivity index (χ1n) is 12.7. The number of rotatable bonds is 5. The maximum atomic E-state index is 14.0. The molecule has 1 fully saturated rings. The fourth-order valence-electron chi connectivity index (χ4n) is 6.42. The summed E-state index contributed by atoms with van der Waals surface area (Å²) in [7, 11) is 0. The standard InChI is InChI=1S/C27H34F3N3O/c1-18-12-14-26(16-19(18)2)20-8-3-5-10-22(20)33(25(26)34)17-24-31-21-9-4-6-11-23(21)32(24)15-7-13-27(28,29)30/h3,5,8,10,18-19H,4,6-7,9,11-17H2,1-2H3/t18-,19?,26?/m1/s1. The quantitative estimate of drug-likeness (QED) is 0.508. The van der Waals surface area contributed by atoms with Gasteiger partial charge < -0.3 is 9.47 Å². The molecule has 1 spiro atoms. The molecule has 3 aliphatic rings. The van der Waals surface area contributed by atoms with Crippen LogP contribution in [-0.2, 0) is 36.1 Å². The maximum absolute atomic E-state index is 14.0. The molecule has 1 amide bonds. The van der Waals surface area contributed by atoms with Gasteiger partial charge in [0.1, 0.15) is 5.82 Å². The number of imidazole rings is 1. The maximum Gasteiger partial charge on any atom is 0.389 e. The number of fused-ring (bicyclic) bond motifs is 3. The van der Waals surface area contributed by atoms with E-state index < -0.39 is 18.0 Å². The highest BCUT2D eigenvalue weighted by atomic mass is 19.4. The molecule has 1 aromatic carbocycles. The Morgan fingerprint density at radius 3 is 2.65 bits per heavy atom. The van der Waals surface area contributed by atoms with E-state index in [2.05, 4.69) is 19.9 Å². The topological polar surface area (TPSA) is 38.1 Å². The van der Waals surface area contributed by atoms with Crippen LogP contribution in [0.15, 0.2) is 24.3 Å². The third-order valence-corrected chi connectivity index (χ3v) is 8.49. The Hall–Kier alpha value is -2.31. The minimum atomic E-state index is -4.16. The second-order valence-corrected chi connectivity index (χ2v) is 10.7. The predicted octanol–water partition coefficient (Wildman–Crippen LogP) is 6.35. The molecule has 5 rings (SSSR count). The van der Waals surface area contributed by atoms with Gasteiger partial charge in [-0.3, -0.25) is 4.79 Å². The van der Waals surface area contributed by atoms with Crippen LogP contribution in [0.2, 0.25) is 0 Å². The SMILES string of the molecule is CC1CC2(CC[C@H]1C)C(=O)N(Cc1nc3c(n1CCCC(F)(F)F)CCCC3)c1ccccc12. The molecular formula is C27H34F3N3O. The van der Waals surface area contributed by atoms with Crippen molar-refractivity contribution < 1.29 is 18.0 Å². The van der Waals surface area contributed by atoms with Gasteiger partial charge in [0.25, 0.3) is 0 Å². The van der Waals surface area contributed by atoms with E-state index in [4.69, 9.17) is 4.98 Å². The lowest BCUT2D eigenvalue weighted by molar-refractivity contribution is -0.136. The molecule has 2 unspecified atom stereocenters. The second-order valence-electron chi connectivity index (χ2n) is 10.7. The average Bonchev–Trinajstić information content (AvgIpc) is 3.25. The molecule has 0 bridgehead atoms. The molecule has 0 N–H and O–H groups in total. The molecule has 34 heavy (non-hydrogen) atoms. The van der Waals surface area contributed by atoms with E-state index in [0.29, 0.717) is 24.9 Å². The number of aryl methyl sites for hydroxylation is 1. The summed E-state index contributed by atoms with van der Waals surface area (Å²) in [5, 5.41) is 0. The lowest BCUT2D eigenvalue weighted by Gasteiger charge is -2.39. The summed E-state index contributed by atoms with van der Waals surface area (Å²) in [6.07, 6.45) is 1.57. The summed E-state index contributed by atoms with van der Waals surface area (Å²) in [5.74, 6) is 1.92. The van der Waals surface area contributed by atoms with Crippen molar-refractivity contribution in [3.63, 3.8) is 0 Å². The van der Waals surface area contributed by atoms with Gasteiger partial charge >= 0.3 is 6.18 Å². The van der Waals surface area contributed by atoms with Crippen molar-refractivity contribution >= 4 is 11.6 Å². The van der Waals surface area contributed by atoms with E-state index in [0.717, 1.165) is 73.4 Å². The van der Waals surface area contributed by atoms with E-state index in [-0.39, 0.29) is 12.3 Å². The van der Waals surface area contributed by atoms with Crippen molar-refractivity contribution in [1.82, 2.24) is 9.55 Å². The number of halogens is 3. The molecule has 2 aliphatic carbocycles. The third-order valence-electron chi connectivity index (χ3n) is 8.49. The van der Waals surface area contributed by atoms with Gasteiger partial charge in [0, 0.05) is 24.3 Å². The third kappa shape index (κ3) is 4.05. The van der Waals surface area contributed by atoms with Crippen LogP contribution in [0.1, 0.15) is 81.6 Å². The summed E-state index contributed by atoms with van der Waals surface area (Å²) in [6, 6.07) is 8.09. The number of anilines is 1. The Morgan fingerprint density at radius 1 is 1.12 bits per heavy atom. The van der Waals surface area contributed by atoms with E-state index >= 15 is 0 Å². The van der Waals surface area contributed by atoms with Crippen LogP contribution < -0.4 is 4.90 Å². The Labute approximate surface area is 199 Å². The fraction of sp³-hybridized carbons (Fsp3) is 0.630. The van der Waals surface area contributed by atoms with Gasteiger partial charge in [-0.1, -0.05) is 32.0 Å². The van der Waals surface area contributed by atoms with E-state index in [1.165, 1.54) is 0 Å². The van der Waals surface area contributed by atoms with E-state index in [9.17, 15) is 18.0 Å². The molecule has 1 aromatic heterocycles. The first-order chi connectivity index (χ1) is 16.2. The number of hydrogen-bond donors (Lipinski definition) is 0. The Kier molecular flexibility index (Phi) is 6.01. The lowest BCUT2D eigenvalue weighted by Crippen LogP contribution is -2.44. The lowest BCUT2D eigenvalue weighted by atomic mass is 9.63. The van der Waals surface area contributed by atoms with Crippen LogP contribution in [0.3, 0.4) is 0 Å². The Balaban J connectivity index is 1.47. The average molecular weight is 474 g/mol. The van der Waals surface area contributed by atoms with Crippen LogP contribution in [0, 0.1) is 11.8 Å². The van der Waals surface area contributed by atoms with Crippen LogP contribution in [0.5, 0.6) is 0 Å². The summed E-state index contributed by atoms with van der Waals surface area (Å²) in [4.78, 5) is 20.8. The number of carbonyl (C=O) groups is 1. The van der Waals surface area contributed by atoms with Crippen molar-refractivity contribution in [3.8, 4) is 0 Å². The zero-order valence-corrected chi connectivity index (χ0v) is 20.1. The summed E-state index contributed by atoms with van der Waals surface area (Å²) in [6.45, 7) is 5.12. The molecule has 2 aromatic rings. The van der Waals surface area contributed by atoms with Gasteiger partial charge in [0.15, 0.2) is 0 Å². The van der Waals surface area contributed by atoms with Gasteiger partial charge in [0.2, 0.25) is 5.91 Å². The van der Waals surface area contributed by atoms with Crippen molar-refractivity contribution in [2.45, 2.75) is 96.3 Å². The minimum Gasteiger partial charge on any atom is -0.330 e. The molecule has 0 radical (unpaired) electrons. The summed E-state index contributed by atoms with van der Waals surface area (Å²) < 4.78 is 40.5. The number of hydrogen-bond acceptors (Lipinski definition) is 2. The number of para-hydroxylation sites is 1. The van der Waals surface area contributed by atoms with E-state index in [1.807, 2.05) is 27.7 Å². The molecule has 1 saturated carbocycles. The highest BCUT2D eigenvalue weighted by molar-refractivity contribution is 6.08. The van der Waals surface area contributed by atoms with Crippen molar-refractivity contribution in [2.24, 2.45) is 11.8 Å². The normalized spacial score (nSPS) is 26.7. The van der Waals surface area contributed by atoms with Crippen LogP contribution >= 0.6 is 0 Å². The molecule has 1 aliphatic heterocycles. The molecule has 2 heterocycles. The van der Waals surface area contributed by atoms with Crippen LogP contribution in [-0.4, -0.2) is 21.6 Å². The van der Waals surface area contributed by atoms with Crippen LogP contribution in [0.25, 0.3) is 0 Å². The molecule has 7 heteroatoms. The highest BCUT2D eigenvalue weighted by Crippen LogP contribution is 2.53. The Morgan fingerprint density at radius 2 is 1.88 bits per heavy atom. The predicted molar refractivity (Wildman–Crippen MR) is 126 cm³/mol. The van der Waals surface area contributed by atoms with Crippen LogP contribution in [0.4, 0.5) is 18.9 Å². The molecule has 0 saturated heterocycles. The van der Waals surface area contributed by atoms with Gasteiger partial charge in [-0.05, 0) is 74.8 Å². The highest BCUT2D eigenvalue weighted by Gasteiger charge is 2.53. The Bertz CT molecular complexity index is 1080. The number of nitrogens with zero attached hydrogens (tertiary/aromatic N) is 3. The smallest absolute Gasteiger partial charge is 0.330 e. The number of amides is 1. The largest absolute Gasteiger partial charge is 0.389 e. The molecule has 184 valence electrons.